The molecule has 2 aromatic carbocycles. The molecule has 6 nitrogen and oxygen atoms in total. The lowest BCUT2D eigenvalue weighted by molar-refractivity contribution is -0.116. The van der Waals surface area contributed by atoms with Crippen LogP contribution in [0.25, 0.3) is 11.3 Å². The fraction of sp³-hybridized carbons (Fsp3) is 0.433. The molecule has 6 rings (SSSR count). The van der Waals surface area contributed by atoms with Crippen LogP contribution < -0.4 is 9.80 Å². The molecule has 186 valence electrons. The van der Waals surface area contributed by atoms with E-state index >= 15 is 0 Å². The summed E-state index contributed by atoms with van der Waals surface area (Å²) >= 11 is 0. The summed E-state index contributed by atoms with van der Waals surface area (Å²) in [5.74, 6) is 1.14. The highest BCUT2D eigenvalue weighted by molar-refractivity contribution is 5.94. The number of rotatable bonds is 3. The molecule has 2 saturated heterocycles. The summed E-state index contributed by atoms with van der Waals surface area (Å²) in [4.78, 5) is 28.9. The van der Waals surface area contributed by atoms with E-state index in [-0.39, 0.29) is 11.3 Å². The first-order chi connectivity index (χ1) is 17.5. The number of amides is 1. The number of anilines is 2. The molecule has 1 spiro atoms. The molecular weight excluding hydrogens is 446 g/mol. The molecule has 6 heteroatoms. The molecule has 0 saturated carbocycles. The second-order valence-corrected chi connectivity index (χ2v) is 10.7. The van der Waals surface area contributed by atoms with Crippen molar-refractivity contribution in [2.24, 2.45) is 0 Å². The van der Waals surface area contributed by atoms with Crippen molar-refractivity contribution < 1.29 is 4.79 Å². The van der Waals surface area contributed by atoms with Crippen LogP contribution in [0.5, 0.6) is 0 Å². The normalized spacial score (nSPS) is 20.1. The highest BCUT2D eigenvalue weighted by atomic mass is 16.2. The van der Waals surface area contributed by atoms with Gasteiger partial charge in [-0.2, -0.15) is 0 Å². The minimum Gasteiger partial charge on any atom is -0.355 e. The van der Waals surface area contributed by atoms with Crippen molar-refractivity contribution in [3.05, 3.63) is 72.1 Å². The van der Waals surface area contributed by atoms with Gasteiger partial charge in [0, 0.05) is 49.3 Å². The van der Waals surface area contributed by atoms with Crippen molar-refractivity contribution in [3.8, 4) is 11.3 Å². The predicted octanol–water partition coefficient (Wildman–Crippen LogP) is 4.82. The van der Waals surface area contributed by atoms with Crippen molar-refractivity contribution in [1.29, 1.82) is 0 Å². The summed E-state index contributed by atoms with van der Waals surface area (Å²) in [6.45, 7) is 8.89. The van der Waals surface area contributed by atoms with Gasteiger partial charge >= 0.3 is 0 Å². The summed E-state index contributed by atoms with van der Waals surface area (Å²) in [6, 6.07) is 17.5. The Hall–Kier alpha value is -3.25. The molecule has 1 amide bonds. The molecular formula is C30H35N5O. The molecule has 4 heterocycles. The van der Waals surface area contributed by atoms with Crippen LogP contribution in [0.15, 0.2) is 60.9 Å². The molecule has 3 aliphatic heterocycles. The van der Waals surface area contributed by atoms with Gasteiger partial charge < -0.3 is 14.7 Å². The van der Waals surface area contributed by atoms with Crippen molar-refractivity contribution >= 4 is 17.4 Å². The van der Waals surface area contributed by atoms with Crippen molar-refractivity contribution in [1.82, 2.24) is 14.9 Å². The molecule has 3 aliphatic rings. The van der Waals surface area contributed by atoms with E-state index in [9.17, 15) is 4.79 Å². The average molecular weight is 482 g/mol. The molecule has 2 fully saturated rings. The zero-order chi connectivity index (χ0) is 24.7. The number of benzene rings is 2. The minimum absolute atomic E-state index is 0.116. The lowest BCUT2D eigenvalue weighted by atomic mass is 9.74. The van der Waals surface area contributed by atoms with Crippen LogP contribution in [0.1, 0.15) is 43.7 Å². The molecule has 0 radical (unpaired) electrons. The SMILES string of the molecule is CC(=O)N1CC2(CCN(C3CCN(c4cncc(-c5ccccc5C)n4)CC3)CC2)c2ccccc21. The number of fused-ring (bicyclic) bond motifs is 2. The Morgan fingerprint density at radius 2 is 1.67 bits per heavy atom. The van der Waals surface area contributed by atoms with Crippen LogP contribution >= 0.6 is 0 Å². The van der Waals surface area contributed by atoms with Gasteiger partial charge in [0.2, 0.25) is 5.91 Å². The number of carbonyl (C=O) groups excluding carboxylic acids is 1. The van der Waals surface area contributed by atoms with Gasteiger partial charge in [-0.3, -0.25) is 9.78 Å². The highest BCUT2D eigenvalue weighted by Crippen LogP contribution is 2.47. The largest absolute Gasteiger partial charge is 0.355 e. The lowest BCUT2D eigenvalue weighted by Crippen LogP contribution is -2.52. The maximum absolute atomic E-state index is 12.3. The minimum atomic E-state index is 0.116. The van der Waals surface area contributed by atoms with Gasteiger partial charge in [-0.05, 0) is 62.9 Å². The van der Waals surface area contributed by atoms with Gasteiger partial charge in [-0.1, -0.05) is 42.5 Å². The first kappa shape index (κ1) is 23.2. The van der Waals surface area contributed by atoms with Crippen molar-refractivity contribution in [3.63, 3.8) is 0 Å². The van der Waals surface area contributed by atoms with Crippen LogP contribution in [0, 0.1) is 6.92 Å². The van der Waals surface area contributed by atoms with E-state index in [2.05, 4.69) is 70.2 Å². The summed E-state index contributed by atoms with van der Waals surface area (Å²) in [5.41, 5.74) is 5.95. The molecule has 36 heavy (non-hydrogen) atoms. The summed E-state index contributed by atoms with van der Waals surface area (Å²) in [6.07, 6.45) is 8.33. The first-order valence-electron chi connectivity index (χ1n) is 13.3. The van der Waals surface area contributed by atoms with E-state index in [0.29, 0.717) is 6.04 Å². The number of aromatic nitrogens is 2. The molecule has 3 aromatic rings. The molecule has 0 N–H and O–H groups in total. The average Bonchev–Trinajstić information content (AvgIpc) is 3.24. The van der Waals surface area contributed by atoms with E-state index < -0.39 is 0 Å². The third-order valence-corrected chi connectivity index (χ3v) is 8.71. The Labute approximate surface area is 214 Å². The highest BCUT2D eigenvalue weighted by Gasteiger charge is 2.46. The maximum Gasteiger partial charge on any atom is 0.223 e. The van der Waals surface area contributed by atoms with Crippen LogP contribution in [0.4, 0.5) is 11.5 Å². The van der Waals surface area contributed by atoms with Gasteiger partial charge in [0.1, 0.15) is 5.82 Å². The maximum atomic E-state index is 12.3. The van der Waals surface area contributed by atoms with Crippen LogP contribution in [-0.2, 0) is 10.2 Å². The van der Waals surface area contributed by atoms with E-state index in [1.165, 1.54) is 11.1 Å². The second-order valence-electron chi connectivity index (χ2n) is 10.7. The number of hydrogen-bond acceptors (Lipinski definition) is 5. The number of para-hydroxylation sites is 1. The second kappa shape index (κ2) is 9.32. The number of nitrogens with zero attached hydrogens (tertiary/aromatic N) is 5. The van der Waals surface area contributed by atoms with Crippen LogP contribution in [-0.4, -0.2) is 59.5 Å². The number of carbonyl (C=O) groups is 1. The van der Waals surface area contributed by atoms with Gasteiger partial charge in [0.15, 0.2) is 0 Å². The summed E-state index contributed by atoms with van der Waals surface area (Å²) in [7, 11) is 0. The standard InChI is InChI=1S/C30H35N5O/c1-22-7-3-4-8-25(22)27-19-31-20-29(32-27)34-15-11-24(12-16-34)33-17-13-30(14-18-33)21-35(23(2)36)28-10-6-5-9-26(28)30/h3-10,19-20,24H,11-18,21H2,1-2H3. The summed E-state index contributed by atoms with van der Waals surface area (Å²) < 4.78 is 0. The topological polar surface area (TPSA) is 52.6 Å². The number of hydrogen-bond donors (Lipinski definition) is 0. The lowest BCUT2D eigenvalue weighted by Gasteiger charge is -2.45. The summed E-state index contributed by atoms with van der Waals surface area (Å²) in [5, 5.41) is 0. The number of aryl methyl sites for hydroxylation is 1. The molecule has 0 unspecified atom stereocenters. The molecule has 1 aromatic heterocycles. The number of piperidine rings is 2. The first-order valence-corrected chi connectivity index (χ1v) is 13.3. The third-order valence-electron chi connectivity index (χ3n) is 8.71. The van der Waals surface area contributed by atoms with Gasteiger partial charge in [0.05, 0.1) is 18.1 Å². The van der Waals surface area contributed by atoms with E-state index in [1.54, 1.807) is 6.92 Å². The van der Waals surface area contributed by atoms with Crippen LogP contribution in [0.2, 0.25) is 0 Å². The van der Waals surface area contributed by atoms with E-state index in [0.717, 1.165) is 81.2 Å². The van der Waals surface area contributed by atoms with E-state index in [1.807, 2.05) is 17.3 Å². The monoisotopic (exact) mass is 481 g/mol. The number of likely N-dealkylation sites (tertiary alicyclic amines) is 1. The van der Waals surface area contributed by atoms with Crippen LogP contribution in [0.3, 0.4) is 0 Å². The Morgan fingerprint density at radius 1 is 0.944 bits per heavy atom. The van der Waals surface area contributed by atoms with Gasteiger partial charge in [0.25, 0.3) is 0 Å². The molecule has 0 aliphatic carbocycles. The zero-order valence-corrected chi connectivity index (χ0v) is 21.4. The Morgan fingerprint density at radius 3 is 2.42 bits per heavy atom. The Kier molecular flexibility index (Phi) is 6.00. The fourth-order valence-electron chi connectivity index (χ4n) is 6.61. The Balaban J connectivity index is 1.09. The van der Waals surface area contributed by atoms with Gasteiger partial charge in [-0.25, -0.2) is 4.98 Å². The Bertz CT molecular complexity index is 1260. The van der Waals surface area contributed by atoms with Crippen molar-refractivity contribution in [2.75, 3.05) is 42.5 Å². The van der Waals surface area contributed by atoms with Crippen molar-refractivity contribution in [2.45, 2.75) is 51.0 Å². The fourth-order valence-corrected chi connectivity index (χ4v) is 6.61. The van der Waals surface area contributed by atoms with E-state index in [4.69, 9.17) is 4.98 Å². The predicted molar refractivity (Wildman–Crippen MR) is 144 cm³/mol. The smallest absolute Gasteiger partial charge is 0.223 e. The third kappa shape index (κ3) is 4.07. The zero-order valence-electron chi connectivity index (χ0n) is 21.4. The molecule has 0 bridgehead atoms. The van der Waals surface area contributed by atoms with Gasteiger partial charge in [-0.15, -0.1) is 0 Å². The quantitative estimate of drug-likeness (QED) is 0.537. The molecule has 0 atom stereocenters.